The van der Waals surface area contributed by atoms with E-state index in [1.807, 2.05) is 6.07 Å². The first kappa shape index (κ1) is 16.7. The van der Waals surface area contributed by atoms with Crippen LogP contribution in [0.3, 0.4) is 0 Å². The third kappa shape index (κ3) is 3.60. The number of hydrogen-bond acceptors (Lipinski definition) is 4. The van der Waals surface area contributed by atoms with E-state index in [9.17, 15) is 4.39 Å². The van der Waals surface area contributed by atoms with Crippen molar-refractivity contribution in [3.05, 3.63) is 59.9 Å². The van der Waals surface area contributed by atoms with Gasteiger partial charge in [-0.2, -0.15) is 0 Å². The Labute approximate surface area is 155 Å². The van der Waals surface area contributed by atoms with E-state index < -0.39 is 0 Å². The van der Waals surface area contributed by atoms with Crippen molar-refractivity contribution in [1.29, 1.82) is 0 Å². The van der Waals surface area contributed by atoms with E-state index in [4.69, 9.17) is 0 Å². The lowest BCUT2D eigenvalue weighted by Crippen LogP contribution is -2.01. The van der Waals surface area contributed by atoms with Gasteiger partial charge in [0.2, 0.25) is 0 Å². The summed E-state index contributed by atoms with van der Waals surface area (Å²) in [6, 6.07) is 15.7. The molecule has 1 heterocycles. The van der Waals surface area contributed by atoms with Crippen molar-refractivity contribution in [1.82, 2.24) is 14.8 Å². The van der Waals surface area contributed by atoms with Crippen molar-refractivity contribution in [3.8, 4) is 11.4 Å². The van der Waals surface area contributed by atoms with Crippen molar-refractivity contribution in [2.45, 2.75) is 34.7 Å². The topological polar surface area (TPSA) is 30.7 Å². The van der Waals surface area contributed by atoms with Gasteiger partial charge in [0.25, 0.3) is 0 Å². The molecule has 1 saturated carbocycles. The third-order valence-electron chi connectivity index (χ3n) is 4.22. The zero-order valence-corrected chi connectivity index (χ0v) is 15.5. The number of halogens is 1. The van der Waals surface area contributed by atoms with Crippen molar-refractivity contribution >= 4 is 23.5 Å². The van der Waals surface area contributed by atoms with Gasteiger partial charge >= 0.3 is 0 Å². The summed E-state index contributed by atoms with van der Waals surface area (Å²) in [5.41, 5.74) is 1.78. The maximum absolute atomic E-state index is 14.2. The zero-order valence-electron chi connectivity index (χ0n) is 13.9. The summed E-state index contributed by atoms with van der Waals surface area (Å²) in [7, 11) is 0. The molecule has 0 spiro atoms. The van der Waals surface area contributed by atoms with Gasteiger partial charge in [0.05, 0.1) is 5.56 Å². The van der Waals surface area contributed by atoms with Crippen LogP contribution in [0, 0.1) is 5.82 Å². The lowest BCUT2D eigenvalue weighted by atomic mass is 10.2. The van der Waals surface area contributed by atoms with Crippen LogP contribution in [-0.2, 0) is 5.75 Å². The van der Waals surface area contributed by atoms with Crippen molar-refractivity contribution < 1.29 is 4.39 Å². The predicted molar refractivity (Wildman–Crippen MR) is 101 cm³/mol. The molecule has 0 atom stereocenters. The molecule has 0 unspecified atom stereocenters. The van der Waals surface area contributed by atoms with Gasteiger partial charge in [-0.05, 0) is 48.9 Å². The van der Waals surface area contributed by atoms with Crippen LogP contribution in [0.5, 0.6) is 0 Å². The van der Waals surface area contributed by atoms with Gasteiger partial charge in [0.15, 0.2) is 11.0 Å². The fourth-order valence-corrected chi connectivity index (χ4v) is 4.10. The molecular weight excluding hydrogens is 353 g/mol. The van der Waals surface area contributed by atoms with Gasteiger partial charge in [0, 0.05) is 16.7 Å². The summed E-state index contributed by atoms with van der Waals surface area (Å²) < 4.78 is 16.3. The lowest BCUT2D eigenvalue weighted by Gasteiger charge is -2.09. The first-order chi connectivity index (χ1) is 12.3. The summed E-state index contributed by atoms with van der Waals surface area (Å²) in [5, 5.41) is 9.52. The first-order valence-corrected chi connectivity index (χ1v) is 10.4. The van der Waals surface area contributed by atoms with E-state index in [0.29, 0.717) is 17.4 Å². The van der Waals surface area contributed by atoms with Crippen LogP contribution in [0.4, 0.5) is 4.39 Å². The van der Waals surface area contributed by atoms with E-state index in [-0.39, 0.29) is 5.82 Å². The van der Waals surface area contributed by atoms with Gasteiger partial charge < -0.3 is 0 Å². The second-order valence-electron chi connectivity index (χ2n) is 6.02. The SMILES string of the molecule is CSc1ccc(CSc2nnc(-c3ccccc3F)n2C2CC2)cc1. The van der Waals surface area contributed by atoms with E-state index in [1.54, 1.807) is 35.7 Å². The third-order valence-corrected chi connectivity index (χ3v) is 5.98. The normalized spacial score (nSPS) is 14.0. The number of benzene rings is 2. The fourth-order valence-electron chi connectivity index (χ4n) is 2.73. The number of thioether (sulfide) groups is 2. The predicted octanol–water partition coefficient (Wildman–Crippen LogP) is 5.43. The Morgan fingerprint density at radius 2 is 1.84 bits per heavy atom. The second-order valence-corrected chi connectivity index (χ2v) is 7.85. The highest BCUT2D eigenvalue weighted by atomic mass is 32.2. The Hall–Kier alpha value is -1.79. The molecular formula is C19H18FN3S2. The highest BCUT2D eigenvalue weighted by Crippen LogP contribution is 2.41. The maximum Gasteiger partial charge on any atom is 0.192 e. The number of aromatic nitrogens is 3. The molecule has 1 fully saturated rings. The second kappa shape index (κ2) is 7.22. The summed E-state index contributed by atoms with van der Waals surface area (Å²) >= 11 is 3.40. The minimum atomic E-state index is -0.249. The molecule has 0 saturated heterocycles. The summed E-state index contributed by atoms with van der Waals surface area (Å²) in [6.45, 7) is 0. The van der Waals surface area contributed by atoms with Gasteiger partial charge in [-0.15, -0.1) is 22.0 Å². The zero-order chi connectivity index (χ0) is 17.2. The van der Waals surface area contributed by atoms with Gasteiger partial charge in [-0.1, -0.05) is 36.0 Å². The van der Waals surface area contributed by atoms with E-state index in [2.05, 4.69) is 45.3 Å². The summed E-state index contributed by atoms with van der Waals surface area (Å²) in [5.74, 6) is 1.22. The Kier molecular flexibility index (Phi) is 4.81. The van der Waals surface area contributed by atoms with Crippen LogP contribution >= 0.6 is 23.5 Å². The molecule has 3 aromatic rings. The van der Waals surface area contributed by atoms with Crippen LogP contribution < -0.4 is 0 Å². The van der Waals surface area contributed by atoms with Crippen molar-refractivity contribution in [3.63, 3.8) is 0 Å². The molecule has 0 amide bonds. The quantitative estimate of drug-likeness (QED) is 0.540. The highest BCUT2D eigenvalue weighted by molar-refractivity contribution is 7.98. The number of hydrogen-bond donors (Lipinski definition) is 0. The minimum Gasteiger partial charge on any atom is -0.299 e. The molecule has 128 valence electrons. The molecule has 6 heteroatoms. The summed E-state index contributed by atoms with van der Waals surface area (Å²) in [4.78, 5) is 1.26. The largest absolute Gasteiger partial charge is 0.299 e. The highest BCUT2D eigenvalue weighted by Gasteiger charge is 2.30. The molecule has 25 heavy (non-hydrogen) atoms. The minimum absolute atomic E-state index is 0.249. The first-order valence-electron chi connectivity index (χ1n) is 8.22. The Morgan fingerprint density at radius 3 is 2.52 bits per heavy atom. The van der Waals surface area contributed by atoms with E-state index in [0.717, 1.165) is 23.8 Å². The molecule has 1 aromatic heterocycles. The monoisotopic (exact) mass is 371 g/mol. The molecule has 1 aliphatic carbocycles. The lowest BCUT2D eigenvalue weighted by molar-refractivity contribution is 0.622. The number of rotatable bonds is 6. The van der Waals surface area contributed by atoms with Crippen LogP contribution in [0.1, 0.15) is 24.4 Å². The molecule has 0 N–H and O–H groups in total. The Morgan fingerprint density at radius 1 is 1.08 bits per heavy atom. The molecule has 3 nitrogen and oxygen atoms in total. The molecule has 0 aliphatic heterocycles. The molecule has 2 aromatic carbocycles. The average Bonchev–Trinajstić information content (AvgIpc) is 3.40. The Balaban J connectivity index is 1.59. The Bertz CT molecular complexity index is 873. The van der Waals surface area contributed by atoms with E-state index in [1.165, 1.54) is 16.5 Å². The van der Waals surface area contributed by atoms with Crippen molar-refractivity contribution in [2.24, 2.45) is 0 Å². The fraction of sp³-hybridized carbons (Fsp3) is 0.263. The van der Waals surface area contributed by atoms with Gasteiger partial charge in [-0.3, -0.25) is 4.57 Å². The standard InChI is InChI=1S/C19H18FN3S2/c1-24-15-10-6-13(7-11-15)12-25-19-22-21-18(23(19)14-8-9-14)16-4-2-3-5-17(16)20/h2-7,10-11,14H,8-9,12H2,1H3. The van der Waals surface area contributed by atoms with Gasteiger partial charge in [-0.25, -0.2) is 4.39 Å². The molecule has 1 aliphatic rings. The van der Waals surface area contributed by atoms with Crippen LogP contribution in [0.25, 0.3) is 11.4 Å². The molecule has 0 radical (unpaired) electrons. The van der Waals surface area contributed by atoms with E-state index >= 15 is 0 Å². The maximum atomic E-state index is 14.2. The van der Waals surface area contributed by atoms with Crippen LogP contribution in [-0.4, -0.2) is 21.0 Å². The molecule has 4 rings (SSSR count). The van der Waals surface area contributed by atoms with Gasteiger partial charge in [0.1, 0.15) is 5.82 Å². The average molecular weight is 372 g/mol. The number of nitrogens with zero attached hydrogens (tertiary/aromatic N) is 3. The summed E-state index contributed by atoms with van der Waals surface area (Å²) in [6.07, 6.45) is 4.29. The smallest absolute Gasteiger partial charge is 0.192 e. The van der Waals surface area contributed by atoms with Crippen molar-refractivity contribution in [2.75, 3.05) is 6.26 Å². The van der Waals surface area contributed by atoms with Crippen LogP contribution in [0.15, 0.2) is 58.6 Å². The van der Waals surface area contributed by atoms with Crippen LogP contribution in [0.2, 0.25) is 0 Å². The molecule has 0 bridgehead atoms.